The van der Waals surface area contributed by atoms with Crippen LogP contribution in [0.25, 0.3) is 11.0 Å². The van der Waals surface area contributed by atoms with Crippen LogP contribution in [-0.2, 0) is 7.05 Å². The lowest BCUT2D eigenvalue weighted by molar-refractivity contribution is 0.0693. The lowest BCUT2D eigenvalue weighted by atomic mass is 9.97. The number of piperidine rings is 1. The first kappa shape index (κ1) is 16.6. The highest BCUT2D eigenvalue weighted by atomic mass is 16.2. The summed E-state index contributed by atoms with van der Waals surface area (Å²) in [7, 11) is 1.64. The molecule has 1 atom stereocenters. The number of aromatic nitrogens is 3. The van der Waals surface area contributed by atoms with Crippen LogP contribution in [0.1, 0.15) is 40.6 Å². The molecule has 0 aliphatic carbocycles. The Balaban J connectivity index is 1.59. The van der Waals surface area contributed by atoms with E-state index in [1.54, 1.807) is 19.2 Å². The van der Waals surface area contributed by atoms with E-state index in [9.17, 15) is 9.59 Å². The second-order valence-corrected chi connectivity index (χ2v) is 7.04. The van der Waals surface area contributed by atoms with Gasteiger partial charge in [-0.3, -0.25) is 9.59 Å². The van der Waals surface area contributed by atoms with Gasteiger partial charge in [0, 0.05) is 32.1 Å². The zero-order valence-electron chi connectivity index (χ0n) is 15.0. The number of likely N-dealkylation sites (tertiary alicyclic amines) is 1. The molecule has 134 valence electrons. The van der Waals surface area contributed by atoms with Gasteiger partial charge in [-0.1, -0.05) is 12.1 Å². The van der Waals surface area contributed by atoms with E-state index in [1.807, 2.05) is 11.0 Å². The summed E-state index contributed by atoms with van der Waals surface area (Å²) >= 11 is 0. The smallest absolute Gasteiger partial charge is 0.270 e. The van der Waals surface area contributed by atoms with Crippen LogP contribution >= 0.6 is 0 Å². The van der Waals surface area contributed by atoms with Crippen LogP contribution < -0.4 is 5.56 Å². The molecular formula is C20H22N4O2. The van der Waals surface area contributed by atoms with Crippen molar-refractivity contribution in [2.24, 2.45) is 7.05 Å². The standard InChI is InChI=1S/C20H22N4O2/c1-13-8-9-15-16(11-13)22-19(21-15)14-5-4-10-24(12-14)20(26)17-6-3-7-18(25)23(17)2/h3,6-9,11,14H,4-5,10,12H2,1-2H3,(H,21,22). The first-order valence-corrected chi connectivity index (χ1v) is 8.94. The average molecular weight is 350 g/mol. The van der Waals surface area contributed by atoms with Crippen LogP contribution in [0.2, 0.25) is 0 Å². The molecule has 1 aromatic carbocycles. The predicted molar refractivity (Wildman–Crippen MR) is 100 cm³/mol. The summed E-state index contributed by atoms with van der Waals surface area (Å²) in [5.74, 6) is 1.02. The summed E-state index contributed by atoms with van der Waals surface area (Å²) in [6, 6.07) is 11.0. The van der Waals surface area contributed by atoms with Crippen LogP contribution in [0.5, 0.6) is 0 Å². The zero-order chi connectivity index (χ0) is 18.3. The van der Waals surface area contributed by atoms with E-state index in [-0.39, 0.29) is 17.4 Å². The number of pyridine rings is 1. The minimum absolute atomic E-state index is 0.0955. The van der Waals surface area contributed by atoms with Crippen molar-refractivity contribution in [3.63, 3.8) is 0 Å². The first-order chi connectivity index (χ1) is 12.5. The molecule has 1 aliphatic rings. The van der Waals surface area contributed by atoms with E-state index in [4.69, 9.17) is 4.98 Å². The van der Waals surface area contributed by atoms with Crippen molar-refractivity contribution >= 4 is 16.9 Å². The zero-order valence-corrected chi connectivity index (χ0v) is 15.0. The Hall–Kier alpha value is -2.89. The third kappa shape index (κ3) is 2.92. The third-order valence-electron chi connectivity index (χ3n) is 5.15. The highest BCUT2D eigenvalue weighted by Gasteiger charge is 2.28. The molecular weight excluding hydrogens is 328 g/mol. The molecule has 0 bridgehead atoms. The maximum Gasteiger partial charge on any atom is 0.270 e. The van der Waals surface area contributed by atoms with Gasteiger partial charge in [0.1, 0.15) is 11.5 Å². The van der Waals surface area contributed by atoms with Crippen LogP contribution in [0, 0.1) is 6.92 Å². The van der Waals surface area contributed by atoms with Crippen LogP contribution in [0.15, 0.2) is 41.2 Å². The topological polar surface area (TPSA) is 71.0 Å². The molecule has 1 aliphatic heterocycles. The van der Waals surface area contributed by atoms with Crippen LogP contribution in [0.4, 0.5) is 0 Å². The lowest BCUT2D eigenvalue weighted by Gasteiger charge is -2.32. The van der Waals surface area contributed by atoms with Crippen molar-refractivity contribution in [1.29, 1.82) is 0 Å². The van der Waals surface area contributed by atoms with E-state index in [2.05, 4.69) is 24.0 Å². The van der Waals surface area contributed by atoms with Gasteiger partial charge in [0.2, 0.25) is 0 Å². The Morgan fingerprint density at radius 2 is 2.12 bits per heavy atom. The molecule has 0 spiro atoms. The number of carbonyl (C=O) groups excluding carboxylic acids is 1. The summed E-state index contributed by atoms with van der Waals surface area (Å²) in [6.45, 7) is 3.38. The molecule has 1 amide bonds. The summed E-state index contributed by atoms with van der Waals surface area (Å²) < 4.78 is 1.41. The van der Waals surface area contributed by atoms with Crippen LogP contribution in [0.3, 0.4) is 0 Å². The minimum Gasteiger partial charge on any atom is -0.342 e. The molecule has 6 heteroatoms. The molecule has 0 radical (unpaired) electrons. The lowest BCUT2D eigenvalue weighted by Crippen LogP contribution is -2.41. The van der Waals surface area contributed by atoms with Crippen molar-refractivity contribution in [3.05, 3.63) is 63.8 Å². The second kappa shape index (κ2) is 6.44. The van der Waals surface area contributed by atoms with Gasteiger partial charge in [0.15, 0.2) is 0 Å². The highest BCUT2D eigenvalue weighted by molar-refractivity contribution is 5.92. The summed E-state index contributed by atoms with van der Waals surface area (Å²) in [5, 5.41) is 0. The van der Waals surface area contributed by atoms with Gasteiger partial charge in [0.05, 0.1) is 11.0 Å². The number of rotatable bonds is 2. The number of H-pyrrole nitrogens is 1. The Labute approximate surface area is 151 Å². The summed E-state index contributed by atoms with van der Waals surface area (Å²) in [4.78, 5) is 34.7. The molecule has 3 aromatic rings. The molecule has 3 heterocycles. The number of nitrogens with one attached hydrogen (secondary N) is 1. The Morgan fingerprint density at radius 1 is 1.27 bits per heavy atom. The van der Waals surface area contributed by atoms with Gasteiger partial charge in [-0.25, -0.2) is 4.98 Å². The highest BCUT2D eigenvalue weighted by Crippen LogP contribution is 2.27. The van der Waals surface area contributed by atoms with Gasteiger partial charge in [-0.2, -0.15) is 0 Å². The maximum atomic E-state index is 12.9. The fraction of sp³-hybridized carbons (Fsp3) is 0.350. The average Bonchev–Trinajstić information content (AvgIpc) is 3.07. The van der Waals surface area contributed by atoms with Crippen molar-refractivity contribution < 1.29 is 4.79 Å². The van der Waals surface area contributed by atoms with Crippen molar-refractivity contribution in [2.75, 3.05) is 13.1 Å². The second-order valence-electron chi connectivity index (χ2n) is 7.04. The molecule has 4 rings (SSSR count). The molecule has 1 unspecified atom stereocenters. The van der Waals surface area contributed by atoms with Crippen LogP contribution in [-0.4, -0.2) is 38.4 Å². The molecule has 1 N–H and O–H groups in total. The minimum atomic E-state index is -0.169. The number of aryl methyl sites for hydroxylation is 1. The van der Waals surface area contributed by atoms with E-state index < -0.39 is 0 Å². The quantitative estimate of drug-likeness (QED) is 0.772. The maximum absolute atomic E-state index is 12.9. The SMILES string of the molecule is Cc1ccc2nc(C3CCCN(C(=O)c4cccc(=O)n4C)C3)[nH]c2c1. The Morgan fingerprint density at radius 3 is 2.96 bits per heavy atom. The van der Waals surface area contributed by atoms with E-state index >= 15 is 0 Å². The predicted octanol–water partition coefficient (Wildman–Crippen LogP) is 2.59. The van der Waals surface area contributed by atoms with E-state index in [0.717, 1.165) is 29.7 Å². The van der Waals surface area contributed by atoms with Gasteiger partial charge in [0.25, 0.3) is 11.5 Å². The third-order valence-corrected chi connectivity index (χ3v) is 5.15. The molecule has 6 nitrogen and oxygen atoms in total. The van der Waals surface area contributed by atoms with Gasteiger partial charge < -0.3 is 14.5 Å². The van der Waals surface area contributed by atoms with Crippen molar-refractivity contribution in [2.45, 2.75) is 25.7 Å². The summed E-state index contributed by atoms with van der Waals surface area (Å²) in [5.41, 5.74) is 3.45. The fourth-order valence-electron chi connectivity index (χ4n) is 3.66. The van der Waals surface area contributed by atoms with E-state index in [1.165, 1.54) is 16.2 Å². The molecule has 1 fully saturated rings. The summed E-state index contributed by atoms with van der Waals surface area (Å²) in [6.07, 6.45) is 1.92. The number of aromatic amines is 1. The number of carbonyl (C=O) groups is 1. The number of amides is 1. The number of fused-ring (bicyclic) bond motifs is 1. The largest absolute Gasteiger partial charge is 0.342 e. The molecule has 2 aromatic heterocycles. The Kier molecular flexibility index (Phi) is 4.11. The number of benzene rings is 1. The fourth-order valence-corrected chi connectivity index (χ4v) is 3.66. The van der Waals surface area contributed by atoms with E-state index in [0.29, 0.717) is 18.8 Å². The Bertz CT molecular complexity index is 1030. The number of imidazole rings is 1. The molecule has 0 saturated carbocycles. The van der Waals surface area contributed by atoms with Gasteiger partial charge in [-0.05, 0) is 43.5 Å². The molecule has 26 heavy (non-hydrogen) atoms. The number of hydrogen-bond donors (Lipinski definition) is 1. The number of hydrogen-bond acceptors (Lipinski definition) is 3. The first-order valence-electron chi connectivity index (χ1n) is 8.94. The van der Waals surface area contributed by atoms with Crippen molar-refractivity contribution in [3.8, 4) is 0 Å². The normalized spacial score (nSPS) is 17.6. The molecule has 1 saturated heterocycles. The van der Waals surface area contributed by atoms with Crippen molar-refractivity contribution in [1.82, 2.24) is 19.4 Å². The van der Waals surface area contributed by atoms with Gasteiger partial charge in [-0.15, -0.1) is 0 Å². The monoisotopic (exact) mass is 350 g/mol. The number of nitrogens with zero attached hydrogens (tertiary/aromatic N) is 3. The van der Waals surface area contributed by atoms with Gasteiger partial charge >= 0.3 is 0 Å².